The maximum atomic E-state index is 12.3. The molecule has 1 aliphatic heterocycles. The number of nitrogens with one attached hydrogen (secondary N) is 1. The first kappa shape index (κ1) is 14.1. The van der Waals surface area contributed by atoms with Gasteiger partial charge in [0.1, 0.15) is 0 Å². The third-order valence-corrected chi connectivity index (χ3v) is 4.06. The Balaban J connectivity index is 1.87. The highest BCUT2D eigenvalue weighted by atomic mass is 16.2. The van der Waals surface area contributed by atoms with Gasteiger partial charge in [-0.3, -0.25) is 4.79 Å². The normalized spacial score (nSPS) is 16.6. The van der Waals surface area contributed by atoms with E-state index in [4.69, 9.17) is 0 Å². The molecule has 1 aliphatic rings. The van der Waals surface area contributed by atoms with Crippen molar-refractivity contribution in [3.8, 4) is 0 Å². The SMILES string of the molecule is CNCC1CCN(C(=O)Cc2ccccc2C)CC1. The molecule has 3 nitrogen and oxygen atoms in total. The van der Waals surface area contributed by atoms with Crippen LogP contribution >= 0.6 is 0 Å². The molecular formula is C16H24N2O. The van der Waals surface area contributed by atoms with Gasteiger partial charge in [0.15, 0.2) is 0 Å². The van der Waals surface area contributed by atoms with Gasteiger partial charge in [-0.05, 0) is 50.4 Å². The number of amides is 1. The smallest absolute Gasteiger partial charge is 0.226 e. The van der Waals surface area contributed by atoms with Crippen molar-refractivity contribution in [2.75, 3.05) is 26.7 Å². The summed E-state index contributed by atoms with van der Waals surface area (Å²) in [6, 6.07) is 8.16. The number of nitrogens with zero attached hydrogens (tertiary/aromatic N) is 1. The Morgan fingerprint density at radius 2 is 2.00 bits per heavy atom. The van der Waals surface area contributed by atoms with Crippen molar-refractivity contribution in [3.63, 3.8) is 0 Å². The summed E-state index contributed by atoms with van der Waals surface area (Å²) in [5, 5.41) is 3.23. The minimum absolute atomic E-state index is 0.275. The van der Waals surface area contributed by atoms with Crippen molar-refractivity contribution in [1.29, 1.82) is 0 Å². The number of benzene rings is 1. The molecule has 0 unspecified atom stereocenters. The van der Waals surface area contributed by atoms with Crippen LogP contribution in [0.15, 0.2) is 24.3 Å². The summed E-state index contributed by atoms with van der Waals surface area (Å²) in [6.45, 7) is 4.97. The summed E-state index contributed by atoms with van der Waals surface area (Å²) in [4.78, 5) is 14.3. The molecule has 3 heteroatoms. The third-order valence-electron chi connectivity index (χ3n) is 4.06. The van der Waals surface area contributed by atoms with E-state index in [9.17, 15) is 4.79 Å². The van der Waals surface area contributed by atoms with Gasteiger partial charge in [0.2, 0.25) is 5.91 Å². The lowest BCUT2D eigenvalue weighted by Crippen LogP contribution is -2.41. The molecule has 104 valence electrons. The Labute approximate surface area is 116 Å². The van der Waals surface area contributed by atoms with Crippen molar-refractivity contribution < 1.29 is 4.79 Å². The second-order valence-electron chi connectivity index (χ2n) is 5.49. The van der Waals surface area contributed by atoms with Crippen LogP contribution in [-0.4, -0.2) is 37.5 Å². The molecule has 2 rings (SSSR count). The van der Waals surface area contributed by atoms with Crippen LogP contribution in [0.25, 0.3) is 0 Å². The Morgan fingerprint density at radius 1 is 1.32 bits per heavy atom. The molecule has 0 bridgehead atoms. The predicted octanol–water partition coefficient (Wildman–Crippen LogP) is 2.00. The zero-order valence-corrected chi connectivity index (χ0v) is 12.0. The standard InChI is InChI=1S/C16H24N2O/c1-13-5-3-4-6-15(13)11-16(19)18-9-7-14(8-10-18)12-17-2/h3-6,14,17H,7-12H2,1-2H3. The van der Waals surface area contributed by atoms with Crippen molar-refractivity contribution in [2.45, 2.75) is 26.2 Å². The average Bonchev–Trinajstić information content (AvgIpc) is 2.42. The molecule has 0 aliphatic carbocycles. The molecule has 1 fully saturated rings. The highest BCUT2D eigenvalue weighted by Crippen LogP contribution is 2.18. The van der Waals surface area contributed by atoms with Gasteiger partial charge < -0.3 is 10.2 Å². The number of aryl methyl sites for hydroxylation is 1. The van der Waals surface area contributed by atoms with Crippen LogP contribution in [0.1, 0.15) is 24.0 Å². The molecule has 0 saturated carbocycles. The fourth-order valence-electron chi connectivity index (χ4n) is 2.76. The number of carbonyl (C=O) groups excluding carboxylic acids is 1. The molecule has 1 aromatic rings. The van der Waals surface area contributed by atoms with Crippen LogP contribution in [0.5, 0.6) is 0 Å². The number of piperidine rings is 1. The zero-order chi connectivity index (χ0) is 13.7. The van der Waals surface area contributed by atoms with Gasteiger partial charge in [0.25, 0.3) is 0 Å². The molecule has 1 saturated heterocycles. The van der Waals surface area contributed by atoms with Crippen molar-refractivity contribution in [2.24, 2.45) is 5.92 Å². The van der Waals surface area contributed by atoms with Crippen molar-refractivity contribution >= 4 is 5.91 Å². The van der Waals surface area contributed by atoms with E-state index in [1.54, 1.807) is 0 Å². The van der Waals surface area contributed by atoms with Crippen LogP contribution in [-0.2, 0) is 11.2 Å². The van der Waals surface area contributed by atoms with E-state index in [1.165, 1.54) is 5.56 Å². The first-order valence-electron chi connectivity index (χ1n) is 7.17. The minimum Gasteiger partial charge on any atom is -0.342 e. The van der Waals surface area contributed by atoms with Gasteiger partial charge in [-0.15, -0.1) is 0 Å². The molecule has 1 amide bonds. The molecule has 19 heavy (non-hydrogen) atoms. The summed E-state index contributed by atoms with van der Waals surface area (Å²) in [5.74, 6) is 1.00. The van der Waals surface area contributed by atoms with Crippen LogP contribution < -0.4 is 5.32 Å². The first-order chi connectivity index (χ1) is 9.20. The first-order valence-corrected chi connectivity index (χ1v) is 7.17. The van der Waals surface area contributed by atoms with Gasteiger partial charge in [0.05, 0.1) is 6.42 Å². The van der Waals surface area contributed by atoms with Crippen molar-refractivity contribution in [1.82, 2.24) is 10.2 Å². The fraction of sp³-hybridized carbons (Fsp3) is 0.562. The Bertz CT molecular complexity index is 423. The second-order valence-corrected chi connectivity index (χ2v) is 5.49. The fourth-order valence-corrected chi connectivity index (χ4v) is 2.76. The van der Waals surface area contributed by atoms with Gasteiger partial charge in [0, 0.05) is 13.1 Å². The van der Waals surface area contributed by atoms with E-state index in [0.29, 0.717) is 6.42 Å². The van der Waals surface area contributed by atoms with Gasteiger partial charge in [-0.1, -0.05) is 24.3 Å². The summed E-state index contributed by atoms with van der Waals surface area (Å²) in [6.07, 6.45) is 2.80. The number of carbonyl (C=O) groups is 1. The minimum atomic E-state index is 0.275. The summed E-state index contributed by atoms with van der Waals surface area (Å²) < 4.78 is 0. The van der Waals surface area contributed by atoms with E-state index in [0.717, 1.165) is 44.0 Å². The maximum Gasteiger partial charge on any atom is 0.226 e. The number of hydrogen-bond donors (Lipinski definition) is 1. The predicted molar refractivity (Wildman–Crippen MR) is 78.1 cm³/mol. The number of rotatable bonds is 4. The molecule has 0 spiro atoms. The Kier molecular flexibility index (Phi) is 4.97. The Hall–Kier alpha value is -1.35. The molecule has 1 heterocycles. The van der Waals surface area contributed by atoms with Gasteiger partial charge in [-0.2, -0.15) is 0 Å². The number of hydrogen-bond acceptors (Lipinski definition) is 2. The second kappa shape index (κ2) is 6.71. The van der Waals surface area contributed by atoms with E-state index >= 15 is 0 Å². The van der Waals surface area contributed by atoms with Crippen LogP contribution in [0.2, 0.25) is 0 Å². The van der Waals surface area contributed by atoms with Gasteiger partial charge in [-0.25, -0.2) is 0 Å². The highest BCUT2D eigenvalue weighted by Gasteiger charge is 2.22. The van der Waals surface area contributed by atoms with E-state index in [2.05, 4.69) is 24.4 Å². The largest absolute Gasteiger partial charge is 0.342 e. The van der Waals surface area contributed by atoms with Crippen LogP contribution in [0, 0.1) is 12.8 Å². The zero-order valence-electron chi connectivity index (χ0n) is 12.0. The lowest BCUT2D eigenvalue weighted by Gasteiger charge is -2.32. The summed E-state index contributed by atoms with van der Waals surface area (Å²) >= 11 is 0. The quantitative estimate of drug-likeness (QED) is 0.898. The lowest BCUT2D eigenvalue weighted by molar-refractivity contribution is -0.131. The molecule has 1 N–H and O–H groups in total. The van der Waals surface area contributed by atoms with Gasteiger partial charge >= 0.3 is 0 Å². The monoisotopic (exact) mass is 260 g/mol. The Morgan fingerprint density at radius 3 is 2.63 bits per heavy atom. The summed E-state index contributed by atoms with van der Waals surface area (Å²) in [7, 11) is 2.00. The lowest BCUT2D eigenvalue weighted by atomic mass is 9.96. The molecule has 0 radical (unpaired) electrons. The van der Waals surface area contributed by atoms with Crippen LogP contribution in [0.3, 0.4) is 0 Å². The maximum absolute atomic E-state index is 12.3. The topological polar surface area (TPSA) is 32.3 Å². The molecule has 0 atom stereocenters. The van der Waals surface area contributed by atoms with Crippen LogP contribution in [0.4, 0.5) is 0 Å². The summed E-state index contributed by atoms with van der Waals surface area (Å²) in [5.41, 5.74) is 2.37. The molecule has 1 aromatic carbocycles. The molecule has 0 aromatic heterocycles. The van der Waals surface area contributed by atoms with E-state index in [-0.39, 0.29) is 5.91 Å². The van der Waals surface area contributed by atoms with E-state index < -0.39 is 0 Å². The molecular weight excluding hydrogens is 236 g/mol. The number of likely N-dealkylation sites (tertiary alicyclic amines) is 1. The van der Waals surface area contributed by atoms with Crippen molar-refractivity contribution in [3.05, 3.63) is 35.4 Å². The highest BCUT2D eigenvalue weighted by molar-refractivity contribution is 5.79. The third kappa shape index (κ3) is 3.80. The average molecular weight is 260 g/mol. The van der Waals surface area contributed by atoms with E-state index in [1.807, 2.05) is 24.1 Å².